The minimum Gasteiger partial charge on any atom is -0.495 e. The van der Waals surface area contributed by atoms with Crippen LogP contribution < -0.4 is 15.6 Å². The van der Waals surface area contributed by atoms with Crippen LogP contribution in [0.1, 0.15) is 29.7 Å². The van der Waals surface area contributed by atoms with Crippen molar-refractivity contribution >= 4 is 11.6 Å². The maximum absolute atomic E-state index is 13.4. The van der Waals surface area contributed by atoms with Crippen molar-refractivity contribution in [3.63, 3.8) is 0 Å². The number of carbonyl (C=O) groups excluding carboxylic acids is 1. The Bertz CT molecular complexity index is 1080. The molecule has 7 nitrogen and oxygen atoms in total. The summed E-state index contributed by atoms with van der Waals surface area (Å²) in [5.74, 6) is -1.33. The van der Waals surface area contributed by atoms with Crippen molar-refractivity contribution in [2.45, 2.75) is 24.9 Å². The van der Waals surface area contributed by atoms with Crippen LogP contribution in [0.4, 0.5) is 5.69 Å². The highest BCUT2D eigenvalue weighted by Gasteiger charge is 2.50. The van der Waals surface area contributed by atoms with Gasteiger partial charge < -0.3 is 20.3 Å². The number of aliphatic hydroxyl groups is 1. The van der Waals surface area contributed by atoms with Crippen LogP contribution in [0.5, 0.6) is 5.75 Å². The lowest BCUT2D eigenvalue weighted by Crippen LogP contribution is -2.51. The SMILES string of the molecule is COc1ccccc1NC(=O)C1C(c2ccccc2)c2c([nH][nH]c2=O)CC1(C)O. The molecule has 0 saturated heterocycles. The highest BCUT2D eigenvalue weighted by atomic mass is 16.5. The molecule has 150 valence electrons. The molecule has 1 aliphatic carbocycles. The molecule has 0 aliphatic heterocycles. The number of methoxy groups -OCH3 is 1. The fraction of sp³-hybridized carbons (Fsp3) is 0.273. The number of aromatic amines is 2. The van der Waals surface area contributed by atoms with E-state index >= 15 is 0 Å². The number of para-hydroxylation sites is 2. The van der Waals surface area contributed by atoms with E-state index in [0.717, 1.165) is 5.56 Å². The van der Waals surface area contributed by atoms with E-state index in [0.29, 0.717) is 22.7 Å². The van der Waals surface area contributed by atoms with E-state index in [-0.39, 0.29) is 17.9 Å². The average Bonchev–Trinajstić information content (AvgIpc) is 3.06. The molecule has 7 heteroatoms. The Morgan fingerprint density at radius 1 is 1.14 bits per heavy atom. The van der Waals surface area contributed by atoms with Crippen LogP contribution in [0, 0.1) is 5.92 Å². The maximum Gasteiger partial charge on any atom is 0.267 e. The van der Waals surface area contributed by atoms with Crippen molar-refractivity contribution in [1.29, 1.82) is 0 Å². The van der Waals surface area contributed by atoms with E-state index < -0.39 is 17.4 Å². The Balaban J connectivity index is 1.81. The second-order valence-electron chi connectivity index (χ2n) is 7.56. The van der Waals surface area contributed by atoms with Crippen molar-refractivity contribution in [3.05, 3.63) is 81.8 Å². The zero-order valence-corrected chi connectivity index (χ0v) is 16.2. The van der Waals surface area contributed by atoms with Gasteiger partial charge in [-0.2, -0.15) is 0 Å². The number of nitrogens with one attached hydrogen (secondary N) is 3. The van der Waals surface area contributed by atoms with Crippen molar-refractivity contribution in [1.82, 2.24) is 10.2 Å². The zero-order valence-electron chi connectivity index (χ0n) is 16.2. The normalized spacial score (nSPS) is 23.3. The van der Waals surface area contributed by atoms with Crippen LogP contribution >= 0.6 is 0 Å². The summed E-state index contributed by atoms with van der Waals surface area (Å²) in [4.78, 5) is 26.0. The van der Waals surface area contributed by atoms with E-state index in [1.807, 2.05) is 36.4 Å². The Morgan fingerprint density at radius 3 is 2.55 bits per heavy atom. The molecule has 4 N–H and O–H groups in total. The molecule has 3 aromatic rings. The second kappa shape index (κ2) is 7.25. The van der Waals surface area contributed by atoms with Gasteiger partial charge in [0.15, 0.2) is 0 Å². The Hall–Kier alpha value is -3.32. The first-order valence-corrected chi connectivity index (χ1v) is 9.43. The van der Waals surface area contributed by atoms with E-state index in [1.54, 1.807) is 25.1 Å². The first-order chi connectivity index (χ1) is 13.9. The summed E-state index contributed by atoms with van der Waals surface area (Å²) in [5, 5.41) is 19.6. The molecule has 29 heavy (non-hydrogen) atoms. The molecule has 1 aromatic heterocycles. The van der Waals surface area contributed by atoms with Gasteiger partial charge in [-0.1, -0.05) is 42.5 Å². The number of rotatable bonds is 4. The number of hydrogen-bond donors (Lipinski definition) is 4. The third kappa shape index (κ3) is 3.34. The van der Waals surface area contributed by atoms with E-state index in [4.69, 9.17) is 4.74 Å². The number of ether oxygens (including phenoxy) is 1. The monoisotopic (exact) mass is 393 g/mol. The molecule has 3 atom stereocenters. The van der Waals surface area contributed by atoms with Gasteiger partial charge in [0.05, 0.1) is 24.3 Å². The van der Waals surface area contributed by atoms with Gasteiger partial charge in [0, 0.05) is 23.6 Å². The van der Waals surface area contributed by atoms with Crippen LogP contribution in [0.25, 0.3) is 0 Å². The molecular formula is C22H23N3O4. The standard InChI is InChI=1S/C22H23N3O4/c1-22(28)12-15-18(20(26)25-24-15)17(13-8-4-3-5-9-13)19(22)21(27)23-14-10-6-7-11-16(14)29-2/h3-11,17,19,28H,12H2,1-2H3,(H,23,27)(H2,24,25,26). The summed E-state index contributed by atoms with van der Waals surface area (Å²) in [7, 11) is 1.53. The molecule has 3 unspecified atom stereocenters. The predicted molar refractivity (Wildman–Crippen MR) is 109 cm³/mol. The quantitative estimate of drug-likeness (QED) is 0.546. The molecule has 1 amide bonds. The number of aromatic nitrogens is 2. The molecule has 0 bridgehead atoms. The van der Waals surface area contributed by atoms with Gasteiger partial charge >= 0.3 is 0 Å². The smallest absolute Gasteiger partial charge is 0.267 e. The fourth-order valence-electron chi connectivity index (χ4n) is 4.28. The molecule has 0 saturated carbocycles. The Labute approximate surface area is 167 Å². The van der Waals surface area contributed by atoms with Crippen LogP contribution in [0.2, 0.25) is 0 Å². The van der Waals surface area contributed by atoms with Gasteiger partial charge in [-0.25, -0.2) is 0 Å². The third-order valence-corrected chi connectivity index (χ3v) is 5.55. The van der Waals surface area contributed by atoms with Gasteiger partial charge in [-0.3, -0.25) is 14.7 Å². The lowest BCUT2D eigenvalue weighted by molar-refractivity contribution is -0.130. The molecular weight excluding hydrogens is 370 g/mol. The van der Waals surface area contributed by atoms with E-state index in [1.165, 1.54) is 7.11 Å². The summed E-state index contributed by atoms with van der Waals surface area (Å²) in [6.07, 6.45) is 0.161. The summed E-state index contributed by atoms with van der Waals surface area (Å²) in [6.45, 7) is 1.63. The number of anilines is 1. The van der Waals surface area contributed by atoms with Gasteiger partial charge in [0.25, 0.3) is 5.56 Å². The highest BCUT2D eigenvalue weighted by molar-refractivity contribution is 5.96. The molecule has 1 heterocycles. The molecule has 4 rings (SSSR count). The molecule has 1 aliphatic rings. The second-order valence-corrected chi connectivity index (χ2v) is 7.56. The fourth-order valence-corrected chi connectivity index (χ4v) is 4.28. The summed E-state index contributed by atoms with van der Waals surface area (Å²) >= 11 is 0. The summed E-state index contributed by atoms with van der Waals surface area (Å²) in [6, 6.07) is 16.4. The van der Waals surface area contributed by atoms with Crippen molar-refractivity contribution in [2.75, 3.05) is 12.4 Å². The minimum atomic E-state index is -1.37. The minimum absolute atomic E-state index is 0.161. The summed E-state index contributed by atoms with van der Waals surface area (Å²) < 4.78 is 5.32. The first-order valence-electron chi connectivity index (χ1n) is 9.43. The van der Waals surface area contributed by atoms with Crippen LogP contribution in [-0.2, 0) is 11.2 Å². The third-order valence-electron chi connectivity index (χ3n) is 5.55. The average molecular weight is 393 g/mol. The van der Waals surface area contributed by atoms with E-state index in [9.17, 15) is 14.7 Å². The van der Waals surface area contributed by atoms with Crippen LogP contribution in [0.15, 0.2) is 59.4 Å². The van der Waals surface area contributed by atoms with Crippen molar-refractivity contribution in [3.8, 4) is 5.75 Å². The molecule has 2 aromatic carbocycles. The van der Waals surface area contributed by atoms with Crippen LogP contribution in [-0.4, -0.2) is 33.9 Å². The van der Waals surface area contributed by atoms with Crippen LogP contribution in [0.3, 0.4) is 0 Å². The number of amides is 1. The lowest BCUT2D eigenvalue weighted by Gasteiger charge is -2.41. The van der Waals surface area contributed by atoms with Crippen molar-refractivity contribution in [2.24, 2.45) is 5.92 Å². The number of H-pyrrole nitrogens is 2. The molecule has 0 fully saturated rings. The number of hydrogen-bond acceptors (Lipinski definition) is 4. The zero-order chi connectivity index (χ0) is 20.6. The largest absolute Gasteiger partial charge is 0.495 e. The van der Waals surface area contributed by atoms with Gasteiger partial charge in [-0.15, -0.1) is 0 Å². The molecule has 0 radical (unpaired) electrons. The van der Waals surface area contributed by atoms with Crippen molar-refractivity contribution < 1.29 is 14.6 Å². The van der Waals surface area contributed by atoms with E-state index in [2.05, 4.69) is 15.5 Å². The number of benzene rings is 2. The predicted octanol–water partition coefficient (Wildman–Crippen LogP) is 2.41. The lowest BCUT2D eigenvalue weighted by atomic mass is 9.66. The highest BCUT2D eigenvalue weighted by Crippen LogP contribution is 2.44. The Kier molecular flexibility index (Phi) is 4.76. The number of fused-ring (bicyclic) bond motifs is 1. The first kappa shape index (κ1) is 19.0. The number of carbonyl (C=O) groups is 1. The summed E-state index contributed by atoms with van der Waals surface area (Å²) in [5.41, 5.74) is 0.762. The molecule has 0 spiro atoms. The topological polar surface area (TPSA) is 107 Å². The van der Waals surface area contributed by atoms with Gasteiger partial charge in [-0.05, 0) is 24.6 Å². The maximum atomic E-state index is 13.4. The van der Waals surface area contributed by atoms with Gasteiger partial charge in [0.2, 0.25) is 5.91 Å². The Morgan fingerprint density at radius 2 is 1.83 bits per heavy atom. The van der Waals surface area contributed by atoms with Gasteiger partial charge in [0.1, 0.15) is 5.75 Å².